The molecule has 0 fully saturated rings. The van der Waals surface area contributed by atoms with Crippen molar-refractivity contribution in [3.63, 3.8) is 0 Å². The number of ether oxygens (including phenoxy) is 2. The number of benzene rings is 2. The van der Waals surface area contributed by atoms with Crippen molar-refractivity contribution >= 4 is 10.9 Å². The molecule has 2 N–H and O–H groups in total. The van der Waals surface area contributed by atoms with Gasteiger partial charge >= 0.3 is 0 Å². The van der Waals surface area contributed by atoms with Crippen LogP contribution in [0.4, 0.5) is 4.39 Å². The standard InChI is InChI=1S/C21H19FN4O4/c1-11-4-14(22)20(27)16(5-11)26-10-12(9-23-26)6-19-24-15-8-18(30-3)17(29-2)7-13(15)21(28)25-19/h4-5,7-10,27H,6H2,1-3H3,(H,24,25,28). The molecule has 2 aromatic carbocycles. The second kappa shape index (κ2) is 7.51. The van der Waals surface area contributed by atoms with Crippen molar-refractivity contribution < 1.29 is 19.0 Å². The van der Waals surface area contributed by atoms with Crippen LogP contribution in [0.15, 0.2) is 41.5 Å². The molecule has 0 bridgehead atoms. The molecule has 8 nitrogen and oxygen atoms in total. The average molecular weight is 410 g/mol. The first-order valence-electron chi connectivity index (χ1n) is 9.07. The lowest BCUT2D eigenvalue weighted by atomic mass is 10.2. The zero-order valence-electron chi connectivity index (χ0n) is 16.6. The first-order valence-corrected chi connectivity index (χ1v) is 9.07. The zero-order chi connectivity index (χ0) is 21.4. The van der Waals surface area contributed by atoms with Crippen LogP contribution in [0.2, 0.25) is 0 Å². The summed E-state index contributed by atoms with van der Waals surface area (Å²) in [5.41, 5.74) is 1.77. The van der Waals surface area contributed by atoms with E-state index in [9.17, 15) is 14.3 Å². The lowest BCUT2D eigenvalue weighted by molar-refractivity contribution is 0.355. The number of hydrogen-bond donors (Lipinski definition) is 2. The van der Waals surface area contributed by atoms with E-state index in [1.54, 1.807) is 37.5 Å². The quantitative estimate of drug-likeness (QED) is 0.525. The molecular formula is C21H19FN4O4. The Bertz CT molecular complexity index is 1310. The molecule has 0 saturated carbocycles. The minimum atomic E-state index is -0.716. The number of hydrogen-bond acceptors (Lipinski definition) is 6. The predicted octanol–water partition coefficient (Wildman–Crippen LogP) is 2.87. The summed E-state index contributed by atoms with van der Waals surface area (Å²) in [6.45, 7) is 1.73. The van der Waals surface area contributed by atoms with Crippen LogP contribution in [-0.2, 0) is 6.42 Å². The minimum absolute atomic E-state index is 0.232. The molecule has 0 aliphatic rings. The molecule has 0 atom stereocenters. The molecule has 0 aliphatic heterocycles. The minimum Gasteiger partial charge on any atom is -0.503 e. The number of nitrogens with one attached hydrogen (secondary N) is 1. The summed E-state index contributed by atoms with van der Waals surface area (Å²) in [4.78, 5) is 19.8. The van der Waals surface area contributed by atoms with Gasteiger partial charge in [0.15, 0.2) is 23.1 Å². The van der Waals surface area contributed by atoms with Crippen LogP contribution in [0.1, 0.15) is 17.0 Å². The van der Waals surface area contributed by atoms with Crippen LogP contribution in [0.3, 0.4) is 0 Å². The fraction of sp³-hybridized carbons (Fsp3) is 0.190. The Kier molecular flexibility index (Phi) is 4.86. The molecule has 30 heavy (non-hydrogen) atoms. The predicted molar refractivity (Wildman–Crippen MR) is 108 cm³/mol. The lowest BCUT2D eigenvalue weighted by Crippen LogP contribution is -2.12. The summed E-state index contributed by atoms with van der Waals surface area (Å²) in [6, 6.07) is 6.10. The highest BCUT2D eigenvalue weighted by atomic mass is 19.1. The van der Waals surface area contributed by atoms with Gasteiger partial charge in [-0.25, -0.2) is 14.1 Å². The number of aromatic amines is 1. The van der Waals surface area contributed by atoms with Crippen molar-refractivity contribution in [3.05, 3.63) is 69.8 Å². The number of halogens is 1. The van der Waals surface area contributed by atoms with E-state index in [-0.39, 0.29) is 17.7 Å². The Morgan fingerprint density at radius 1 is 1.17 bits per heavy atom. The van der Waals surface area contributed by atoms with Gasteiger partial charge in [0.2, 0.25) is 0 Å². The number of phenolic OH excluding ortho intramolecular Hbond substituents is 1. The van der Waals surface area contributed by atoms with Crippen molar-refractivity contribution in [1.29, 1.82) is 0 Å². The van der Waals surface area contributed by atoms with Gasteiger partial charge in [-0.2, -0.15) is 5.10 Å². The topological polar surface area (TPSA) is 102 Å². The summed E-state index contributed by atoms with van der Waals surface area (Å²) in [6.07, 6.45) is 3.50. The van der Waals surface area contributed by atoms with Crippen molar-refractivity contribution in [2.75, 3.05) is 14.2 Å². The van der Waals surface area contributed by atoms with Crippen LogP contribution < -0.4 is 15.0 Å². The SMILES string of the molecule is COc1cc2nc(Cc3cnn(-c4cc(C)cc(F)c4O)c3)[nH]c(=O)c2cc1OC. The van der Waals surface area contributed by atoms with Crippen LogP contribution in [0.5, 0.6) is 17.2 Å². The zero-order valence-corrected chi connectivity index (χ0v) is 16.6. The molecule has 2 heterocycles. The van der Waals surface area contributed by atoms with E-state index < -0.39 is 11.6 Å². The monoisotopic (exact) mass is 410 g/mol. The molecule has 4 rings (SSSR count). The van der Waals surface area contributed by atoms with Crippen LogP contribution in [0, 0.1) is 12.7 Å². The van der Waals surface area contributed by atoms with Gasteiger partial charge in [-0.15, -0.1) is 0 Å². The molecule has 0 aliphatic carbocycles. The fourth-order valence-electron chi connectivity index (χ4n) is 3.27. The number of fused-ring (bicyclic) bond motifs is 1. The number of phenols is 1. The Morgan fingerprint density at radius 2 is 1.90 bits per heavy atom. The van der Waals surface area contributed by atoms with E-state index in [4.69, 9.17) is 9.47 Å². The number of methoxy groups -OCH3 is 2. The van der Waals surface area contributed by atoms with Gasteiger partial charge in [0.05, 0.1) is 31.3 Å². The first kappa shape index (κ1) is 19.4. The highest BCUT2D eigenvalue weighted by Gasteiger charge is 2.14. The number of aromatic hydroxyl groups is 1. The van der Waals surface area contributed by atoms with Gasteiger partial charge < -0.3 is 19.6 Å². The van der Waals surface area contributed by atoms with Crippen molar-refractivity contribution in [2.45, 2.75) is 13.3 Å². The van der Waals surface area contributed by atoms with Gasteiger partial charge in [-0.05, 0) is 36.2 Å². The van der Waals surface area contributed by atoms with Crippen molar-refractivity contribution in [1.82, 2.24) is 19.7 Å². The third-order valence-electron chi connectivity index (χ3n) is 4.70. The maximum absolute atomic E-state index is 13.8. The second-order valence-corrected chi connectivity index (χ2v) is 6.82. The maximum atomic E-state index is 13.8. The number of nitrogens with zero attached hydrogens (tertiary/aromatic N) is 3. The summed E-state index contributed by atoms with van der Waals surface area (Å²) in [5, 5.41) is 14.6. The summed E-state index contributed by atoms with van der Waals surface area (Å²) < 4.78 is 25.7. The van der Waals surface area contributed by atoms with E-state index >= 15 is 0 Å². The molecule has 4 aromatic rings. The Morgan fingerprint density at radius 3 is 2.63 bits per heavy atom. The number of aromatic nitrogens is 4. The number of aryl methyl sites for hydroxylation is 1. The fourth-order valence-corrected chi connectivity index (χ4v) is 3.27. The Hall–Kier alpha value is -3.88. The molecule has 0 unspecified atom stereocenters. The largest absolute Gasteiger partial charge is 0.503 e. The van der Waals surface area contributed by atoms with E-state index in [0.717, 1.165) is 5.56 Å². The van der Waals surface area contributed by atoms with Gasteiger partial charge in [0.1, 0.15) is 11.5 Å². The number of H-pyrrole nitrogens is 1. The van der Waals surface area contributed by atoms with E-state index in [0.29, 0.717) is 33.8 Å². The summed E-state index contributed by atoms with van der Waals surface area (Å²) >= 11 is 0. The molecule has 2 aromatic heterocycles. The normalized spacial score (nSPS) is 11.1. The third kappa shape index (κ3) is 3.45. The second-order valence-electron chi connectivity index (χ2n) is 6.82. The maximum Gasteiger partial charge on any atom is 0.258 e. The molecule has 0 saturated heterocycles. The summed E-state index contributed by atoms with van der Waals surface area (Å²) in [5.74, 6) is 0.148. The van der Waals surface area contributed by atoms with Gasteiger partial charge in [0, 0.05) is 18.7 Å². The highest BCUT2D eigenvalue weighted by molar-refractivity contribution is 5.81. The highest BCUT2D eigenvalue weighted by Crippen LogP contribution is 2.30. The molecule has 154 valence electrons. The number of rotatable bonds is 5. The van der Waals surface area contributed by atoms with E-state index in [2.05, 4.69) is 15.1 Å². The van der Waals surface area contributed by atoms with Crippen LogP contribution in [-0.4, -0.2) is 39.1 Å². The Labute approximate surface area is 170 Å². The lowest BCUT2D eigenvalue weighted by Gasteiger charge is -2.09. The first-order chi connectivity index (χ1) is 14.4. The molecule has 0 amide bonds. The third-order valence-corrected chi connectivity index (χ3v) is 4.70. The molecule has 9 heteroatoms. The van der Waals surface area contributed by atoms with Crippen molar-refractivity contribution in [3.8, 4) is 22.9 Å². The van der Waals surface area contributed by atoms with Gasteiger partial charge in [-0.1, -0.05) is 0 Å². The van der Waals surface area contributed by atoms with Crippen LogP contribution >= 0.6 is 0 Å². The van der Waals surface area contributed by atoms with E-state index in [1.807, 2.05) is 0 Å². The van der Waals surface area contributed by atoms with E-state index in [1.165, 1.54) is 25.0 Å². The molecule has 0 spiro atoms. The summed E-state index contributed by atoms with van der Waals surface area (Å²) in [7, 11) is 3.00. The average Bonchev–Trinajstić information content (AvgIpc) is 3.18. The van der Waals surface area contributed by atoms with Gasteiger partial charge in [0.25, 0.3) is 5.56 Å². The van der Waals surface area contributed by atoms with Crippen molar-refractivity contribution in [2.24, 2.45) is 0 Å². The van der Waals surface area contributed by atoms with Gasteiger partial charge in [-0.3, -0.25) is 4.79 Å². The molecular weight excluding hydrogens is 391 g/mol. The smallest absolute Gasteiger partial charge is 0.258 e. The van der Waals surface area contributed by atoms with Crippen LogP contribution in [0.25, 0.3) is 16.6 Å². The molecule has 0 radical (unpaired) electrons. The Balaban J connectivity index is 1.69.